The molecule has 2 aliphatic carbocycles. The van der Waals surface area contributed by atoms with Crippen LogP contribution in [0, 0.1) is 7.14 Å². The van der Waals surface area contributed by atoms with E-state index in [1.165, 1.54) is 12.7 Å². The molecule has 33 heavy (non-hydrogen) atoms. The highest BCUT2D eigenvalue weighted by Gasteiger charge is 2.47. The van der Waals surface area contributed by atoms with Crippen LogP contribution in [0.5, 0.6) is 0 Å². The van der Waals surface area contributed by atoms with Crippen LogP contribution < -0.4 is 21.3 Å². The first-order valence-electron chi connectivity index (χ1n) is 11.0. The van der Waals surface area contributed by atoms with Crippen LogP contribution in [-0.4, -0.2) is 61.4 Å². The molecule has 12 heteroatoms. The molecular weight excluding hydrogens is 670 g/mol. The van der Waals surface area contributed by atoms with Crippen LogP contribution in [0.25, 0.3) is 0 Å². The highest BCUT2D eigenvalue weighted by molar-refractivity contribution is 14.1. The van der Waals surface area contributed by atoms with Crippen molar-refractivity contribution >= 4 is 74.3 Å². The molecule has 5 rings (SSSR count). The molecule has 0 amide bonds. The van der Waals surface area contributed by atoms with Crippen LogP contribution in [0.15, 0.2) is 23.4 Å². The van der Waals surface area contributed by atoms with Crippen molar-refractivity contribution in [2.24, 2.45) is 0 Å². The van der Waals surface area contributed by atoms with Gasteiger partial charge in [-0.2, -0.15) is 0 Å². The molecule has 2 fully saturated rings. The lowest BCUT2D eigenvalue weighted by molar-refractivity contribution is -0.0211. The van der Waals surface area contributed by atoms with E-state index in [1.807, 2.05) is 0 Å². The average molecular weight is 696 g/mol. The number of anilines is 3. The summed E-state index contributed by atoms with van der Waals surface area (Å²) in [4.78, 5) is 9.50. The zero-order valence-electron chi connectivity index (χ0n) is 17.9. The van der Waals surface area contributed by atoms with Crippen molar-refractivity contribution < 1.29 is 15.3 Å². The third-order valence-corrected chi connectivity index (χ3v) is 10.2. The van der Waals surface area contributed by atoms with E-state index in [0.29, 0.717) is 22.6 Å². The Balaban J connectivity index is 1.40. The predicted molar refractivity (Wildman–Crippen MR) is 145 cm³/mol. The number of hydrazine groups is 2. The lowest BCUT2D eigenvalue weighted by atomic mass is 10.1. The number of benzene rings is 1. The molecule has 9 nitrogen and oxygen atoms in total. The van der Waals surface area contributed by atoms with Gasteiger partial charge in [-0.05, 0) is 75.7 Å². The lowest BCUT2D eigenvalue weighted by Crippen LogP contribution is -2.49. The van der Waals surface area contributed by atoms with Gasteiger partial charge in [-0.25, -0.2) is 9.97 Å². The Morgan fingerprint density at radius 1 is 1.15 bits per heavy atom. The summed E-state index contributed by atoms with van der Waals surface area (Å²) in [5.74, 6) is 2.66. The topological polar surface area (TPSA) is 126 Å². The maximum atomic E-state index is 10.5. The Morgan fingerprint density at radius 2 is 1.97 bits per heavy atom. The minimum Gasteiger partial charge on any atom is -0.390 e. The predicted octanol–water partition coefficient (Wildman–Crippen LogP) is 2.66. The molecule has 0 spiro atoms. The van der Waals surface area contributed by atoms with E-state index in [1.54, 1.807) is 16.8 Å². The normalized spacial score (nSPS) is 30.3. The molecule has 2 saturated carbocycles. The second-order valence-corrected chi connectivity index (χ2v) is 12.0. The standard InChI is InChI=1S/C21H26I2N6O3S/c1-2-5-33-21-25-19(24-13-7-10(13)9-3-4-11(22)12(23)6-9)16-20(26-21)29(28-27-16)14-8-15(30)18(32)17(14)31/h3-4,6,10,13-15,17-18,27-28,30-32H,2,5,7-8H2,1H3,(H,24,25,26)/t10-,13+,14+,15-,17-,18+/m0/s1. The van der Waals surface area contributed by atoms with Crippen LogP contribution in [0.4, 0.5) is 17.3 Å². The van der Waals surface area contributed by atoms with Crippen molar-refractivity contribution in [2.75, 3.05) is 21.5 Å². The van der Waals surface area contributed by atoms with Crippen molar-refractivity contribution in [2.45, 2.75) is 67.7 Å². The number of nitrogens with zero attached hydrogens (tertiary/aromatic N) is 3. The maximum Gasteiger partial charge on any atom is 0.191 e. The molecule has 0 unspecified atom stereocenters. The summed E-state index contributed by atoms with van der Waals surface area (Å²) in [5.41, 5.74) is 8.23. The molecule has 6 atom stereocenters. The molecule has 6 N–H and O–H groups in total. The molecule has 2 aromatic rings. The number of halogens is 2. The van der Waals surface area contributed by atoms with Gasteiger partial charge in [0.05, 0.1) is 12.1 Å². The van der Waals surface area contributed by atoms with E-state index in [2.05, 4.69) is 86.6 Å². The molecule has 1 aromatic heterocycles. The summed E-state index contributed by atoms with van der Waals surface area (Å²) in [5, 5.41) is 36.5. The van der Waals surface area contributed by atoms with Crippen molar-refractivity contribution in [3.63, 3.8) is 0 Å². The van der Waals surface area contributed by atoms with Crippen LogP contribution in [0.1, 0.15) is 37.7 Å². The fourth-order valence-electron chi connectivity index (χ4n) is 4.37. The van der Waals surface area contributed by atoms with E-state index >= 15 is 0 Å². The molecule has 3 aliphatic rings. The highest BCUT2D eigenvalue weighted by Crippen LogP contribution is 2.46. The Morgan fingerprint density at radius 3 is 2.67 bits per heavy atom. The van der Waals surface area contributed by atoms with Gasteiger partial charge in [0.1, 0.15) is 17.9 Å². The lowest BCUT2D eigenvalue weighted by Gasteiger charge is -2.27. The van der Waals surface area contributed by atoms with E-state index < -0.39 is 24.4 Å². The first-order valence-corrected chi connectivity index (χ1v) is 14.1. The van der Waals surface area contributed by atoms with Crippen LogP contribution in [-0.2, 0) is 0 Å². The number of aliphatic hydroxyl groups excluding tert-OH is 3. The van der Waals surface area contributed by atoms with Crippen LogP contribution in [0.2, 0.25) is 0 Å². The molecule has 0 radical (unpaired) electrons. The van der Waals surface area contributed by atoms with Crippen molar-refractivity contribution in [3.05, 3.63) is 30.9 Å². The van der Waals surface area contributed by atoms with E-state index in [0.717, 1.165) is 24.4 Å². The van der Waals surface area contributed by atoms with Crippen LogP contribution in [0.3, 0.4) is 0 Å². The third-order valence-electron chi connectivity index (χ3n) is 6.27. The number of nitrogens with one attached hydrogen (secondary N) is 3. The zero-order chi connectivity index (χ0) is 23.3. The summed E-state index contributed by atoms with van der Waals surface area (Å²) in [6.07, 6.45) is -0.981. The smallest absolute Gasteiger partial charge is 0.191 e. The maximum absolute atomic E-state index is 10.5. The average Bonchev–Trinajstić information content (AvgIpc) is 3.36. The van der Waals surface area contributed by atoms with Gasteiger partial charge >= 0.3 is 0 Å². The summed E-state index contributed by atoms with van der Waals surface area (Å²) in [6.45, 7) is 2.11. The number of aromatic nitrogens is 2. The van der Waals surface area contributed by atoms with Gasteiger partial charge in [-0.3, -0.25) is 10.4 Å². The fourth-order valence-corrected chi connectivity index (χ4v) is 5.94. The Kier molecular flexibility index (Phi) is 7.13. The highest BCUT2D eigenvalue weighted by atomic mass is 127. The van der Waals surface area contributed by atoms with Gasteiger partial charge in [-0.1, -0.05) is 24.8 Å². The molecule has 178 valence electrons. The van der Waals surface area contributed by atoms with Gasteiger partial charge in [-0.15, -0.1) is 5.53 Å². The summed E-state index contributed by atoms with van der Waals surface area (Å²) >= 11 is 6.32. The van der Waals surface area contributed by atoms with Gasteiger partial charge in [0.25, 0.3) is 0 Å². The van der Waals surface area contributed by atoms with Crippen LogP contribution >= 0.6 is 56.9 Å². The molecular formula is C21H26I2N6O3S. The first-order chi connectivity index (χ1) is 15.9. The largest absolute Gasteiger partial charge is 0.390 e. The molecule has 1 aromatic carbocycles. The number of rotatable bonds is 7. The molecule has 0 bridgehead atoms. The Labute approximate surface area is 223 Å². The summed E-state index contributed by atoms with van der Waals surface area (Å²) in [7, 11) is 0. The van der Waals surface area contributed by atoms with Crippen molar-refractivity contribution in [3.8, 4) is 0 Å². The molecule has 1 aliphatic heterocycles. The number of hydrogen-bond donors (Lipinski definition) is 6. The number of aliphatic hydroxyl groups is 3. The van der Waals surface area contributed by atoms with Gasteiger partial charge in [0.15, 0.2) is 16.8 Å². The summed E-state index contributed by atoms with van der Waals surface area (Å²) < 4.78 is 2.52. The molecule has 2 heterocycles. The quantitative estimate of drug-likeness (QED) is 0.146. The summed E-state index contributed by atoms with van der Waals surface area (Å²) in [6, 6.07) is 6.37. The SMILES string of the molecule is CCCSc1nc(N[C@@H]2C[C@H]2c2ccc(I)c(I)c2)c2c(n1)N([C@@H]1C[C@H](O)[C@@H](O)[C@H]1O)NN2. The zero-order valence-corrected chi connectivity index (χ0v) is 23.0. The minimum atomic E-state index is -1.18. The Hall–Kier alpha value is -0.650. The third kappa shape index (κ3) is 4.76. The molecule has 0 saturated heterocycles. The van der Waals surface area contributed by atoms with Gasteiger partial charge in [0.2, 0.25) is 0 Å². The number of hydrogen-bond acceptors (Lipinski definition) is 10. The second-order valence-electron chi connectivity index (χ2n) is 8.63. The van der Waals surface area contributed by atoms with Gasteiger partial charge in [0, 0.05) is 31.3 Å². The number of fused-ring (bicyclic) bond motifs is 1. The minimum absolute atomic E-state index is 0.233. The number of thioether (sulfide) groups is 1. The van der Waals surface area contributed by atoms with E-state index in [9.17, 15) is 15.3 Å². The van der Waals surface area contributed by atoms with Crippen molar-refractivity contribution in [1.29, 1.82) is 0 Å². The van der Waals surface area contributed by atoms with E-state index in [-0.39, 0.29) is 12.5 Å². The van der Waals surface area contributed by atoms with E-state index in [4.69, 9.17) is 9.97 Å². The van der Waals surface area contributed by atoms with Crippen molar-refractivity contribution in [1.82, 2.24) is 15.5 Å². The second kappa shape index (κ2) is 9.78. The Bertz CT molecular complexity index is 1050. The first kappa shape index (κ1) is 24.1. The monoisotopic (exact) mass is 696 g/mol. The van der Waals surface area contributed by atoms with Gasteiger partial charge < -0.3 is 20.6 Å². The fraction of sp³-hybridized carbons (Fsp3) is 0.524.